The first-order valence-corrected chi connectivity index (χ1v) is 10.9. The molecule has 2 heterocycles. The molecule has 0 radical (unpaired) electrons. The summed E-state index contributed by atoms with van der Waals surface area (Å²) in [5, 5.41) is 7.69. The van der Waals surface area contributed by atoms with E-state index in [-0.39, 0.29) is 0 Å². The summed E-state index contributed by atoms with van der Waals surface area (Å²) < 4.78 is 2.09. The minimum Gasteiger partial charge on any atom is -0.371 e. The van der Waals surface area contributed by atoms with Gasteiger partial charge in [-0.15, -0.1) is 4.91 Å². The lowest BCUT2D eigenvalue weighted by atomic mass is 10.1. The van der Waals surface area contributed by atoms with Crippen molar-refractivity contribution >= 4 is 33.9 Å². The van der Waals surface area contributed by atoms with Crippen LogP contribution in [0.15, 0.2) is 60.0 Å². The highest BCUT2D eigenvalue weighted by molar-refractivity contribution is 5.95. The van der Waals surface area contributed by atoms with Gasteiger partial charge in [-0.2, -0.15) is 0 Å². The number of nitrogens with one attached hydrogen (secondary N) is 1. The fourth-order valence-corrected chi connectivity index (χ4v) is 3.90. The van der Waals surface area contributed by atoms with E-state index in [0.717, 1.165) is 52.2 Å². The molecule has 0 aliphatic rings. The van der Waals surface area contributed by atoms with Crippen LogP contribution in [0.3, 0.4) is 0 Å². The van der Waals surface area contributed by atoms with Crippen LogP contribution in [-0.4, -0.2) is 53.7 Å². The van der Waals surface area contributed by atoms with Gasteiger partial charge < -0.3 is 19.7 Å². The van der Waals surface area contributed by atoms with Crippen molar-refractivity contribution in [1.82, 2.24) is 19.4 Å². The summed E-state index contributed by atoms with van der Waals surface area (Å²) in [5.41, 5.74) is 5.94. The first kappa shape index (κ1) is 22.4. The van der Waals surface area contributed by atoms with E-state index in [1.807, 2.05) is 64.3 Å². The SMILES string of the molecule is Cc1cc(N(C)CCN(C)C)c(N=O)cc1Nc1nccc(-c2cn(C)c3ccccc23)n1. The summed E-state index contributed by atoms with van der Waals surface area (Å²) in [6.45, 7) is 3.66. The second-order valence-electron chi connectivity index (χ2n) is 8.53. The largest absolute Gasteiger partial charge is 0.371 e. The average Bonchev–Trinajstić information content (AvgIpc) is 3.15. The van der Waals surface area contributed by atoms with E-state index >= 15 is 0 Å². The highest BCUT2D eigenvalue weighted by Crippen LogP contribution is 2.35. The molecule has 33 heavy (non-hydrogen) atoms. The molecular formula is C25H29N7O. The third-order valence-corrected chi connectivity index (χ3v) is 5.79. The number of likely N-dealkylation sites (N-methyl/N-ethyl adjacent to an activating group) is 2. The first-order chi connectivity index (χ1) is 15.9. The van der Waals surface area contributed by atoms with Crippen LogP contribution in [0.2, 0.25) is 0 Å². The van der Waals surface area contributed by atoms with Gasteiger partial charge in [-0.25, -0.2) is 9.97 Å². The van der Waals surface area contributed by atoms with Crippen molar-refractivity contribution in [3.05, 3.63) is 65.3 Å². The molecule has 2 aromatic carbocycles. The predicted molar refractivity (Wildman–Crippen MR) is 136 cm³/mol. The van der Waals surface area contributed by atoms with E-state index < -0.39 is 0 Å². The smallest absolute Gasteiger partial charge is 0.227 e. The van der Waals surface area contributed by atoms with Gasteiger partial charge in [-0.05, 0) is 56.0 Å². The van der Waals surface area contributed by atoms with Crippen molar-refractivity contribution in [2.75, 3.05) is 44.4 Å². The van der Waals surface area contributed by atoms with E-state index in [2.05, 4.69) is 43.3 Å². The molecule has 170 valence electrons. The van der Waals surface area contributed by atoms with Crippen molar-refractivity contribution in [3.63, 3.8) is 0 Å². The quantitative estimate of drug-likeness (QED) is 0.383. The van der Waals surface area contributed by atoms with Crippen LogP contribution in [0.4, 0.5) is 23.0 Å². The van der Waals surface area contributed by atoms with Crippen LogP contribution in [0, 0.1) is 11.8 Å². The summed E-state index contributed by atoms with van der Waals surface area (Å²) in [6, 6.07) is 13.9. The minimum atomic E-state index is 0.384. The second-order valence-corrected chi connectivity index (χ2v) is 8.53. The Morgan fingerprint density at radius 3 is 2.64 bits per heavy atom. The van der Waals surface area contributed by atoms with Gasteiger partial charge in [0, 0.05) is 61.7 Å². The Bertz CT molecular complexity index is 1300. The molecular weight excluding hydrogens is 414 g/mol. The number of anilines is 3. The molecule has 0 saturated carbocycles. The molecule has 0 amide bonds. The van der Waals surface area contributed by atoms with Crippen LogP contribution in [0.1, 0.15) is 5.56 Å². The summed E-state index contributed by atoms with van der Waals surface area (Å²) in [4.78, 5) is 24.9. The predicted octanol–water partition coefficient (Wildman–Crippen LogP) is 5.08. The lowest BCUT2D eigenvalue weighted by Crippen LogP contribution is -2.28. The molecule has 2 aromatic heterocycles. The third kappa shape index (κ3) is 4.70. The maximum Gasteiger partial charge on any atom is 0.227 e. The van der Waals surface area contributed by atoms with Crippen molar-refractivity contribution < 1.29 is 0 Å². The third-order valence-electron chi connectivity index (χ3n) is 5.79. The zero-order valence-electron chi connectivity index (χ0n) is 19.7. The topological polar surface area (TPSA) is 78.6 Å². The molecule has 4 rings (SSSR count). The number of hydrogen-bond donors (Lipinski definition) is 1. The van der Waals surface area contributed by atoms with Gasteiger partial charge in [-0.3, -0.25) is 0 Å². The first-order valence-electron chi connectivity index (χ1n) is 10.9. The van der Waals surface area contributed by atoms with Gasteiger partial charge in [0.15, 0.2) is 0 Å². The molecule has 8 heteroatoms. The Kier molecular flexibility index (Phi) is 6.37. The van der Waals surface area contributed by atoms with Crippen molar-refractivity contribution in [2.24, 2.45) is 12.2 Å². The number of aromatic nitrogens is 3. The molecule has 0 saturated heterocycles. The van der Waals surface area contributed by atoms with Gasteiger partial charge in [0.25, 0.3) is 0 Å². The fourth-order valence-electron chi connectivity index (χ4n) is 3.90. The van der Waals surface area contributed by atoms with E-state index in [9.17, 15) is 4.91 Å². The maximum atomic E-state index is 11.6. The minimum absolute atomic E-state index is 0.384. The molecule has 0 fully saturated rings. The molecule has 8 nitrogen and oxygen atoms in total. The molecule has 4 aromatic rings. The lowest BCUT2D eigenvalue weighted by Gasteiger charge is -2.23. The monoisotopic (exact) mass is 443 g/mol. The van der Waals surface area contributed by atoms with Crippen molar-refractivity contribution in [1.29, 1.82) is 0 Å². The van der Waals surface area contributed by atoms with Gasteiger partial charge in [0.1, 0.15) is 5.69 Å². The van der Waals surface area contributed by atoms with Crippen molar-refractivity contribution in [3.8, 4) is 11.3 Å². The molecule has 0 bridgehead atoms. The number of nitroso groups, excluding NO2 is 1. The molecule has 0 spiro atoms. The summed E-state index contributed by atoms with van der Waals surface area (Å²) in [5.74, 6) is 0.467. The molecule has 0 atom stereocenters. The highest BCUT2D eigenvalue weighted by Gasteiger charge is 2.14. The Balaban J connectivity index is 1.64. The second kappa shape index (κ2) is 9.38. The molecule has 0 aliphatic carbocycles. The maximum absolute atomic E-state index is 11.6. The molecule has 0 unspecified atom stereocenters. The summed E-state index contributed by atoms with van der Waals surface area (Å²) in [7, 11) is 8.05. The summed E-state index contributed by atoms with van der Waals surface area (Å²) >= 11 is 0. The van der Waals surface area contributed by atoms with Crippen LogP contribution < -0.4 is 10.2 Å². The van der Waals surface area contributed by atoms with Gasteiger partial charge in [-0.1, -0.05) is 18.2 Å². The number of para-hydroxylation sites is 1. The number of hydrogen-bond acceptors (Lipinski definition) is 7. The van der Waals surface area contributed by atoms with Crippen molar-refractivity contribution in [2.45, 2.75) is 6.92 Å². The molecule has 0 aliphatic heterocycles. The van der Waals surface area contributed by atoms with Gasteiger partial charge in [0.2, 0.25) is 5.95 Å². The normalized spacial score (nSPS) is 11.2. The van der Waals surface area contributed by atoms with Gasteiger partial charge >= 0.3 is 0 Å². The Hall–Kier alpha value is -3.78. The highest BCUT2D eigenvalue weighted by atomic mass is 16.3. The fraction of sp³-hybridized carbons (Fsp3) is 0.280. The lowest BCUT2D eigenvalue weighted by molar-refractivity contribution is 0.416. The zero-order chi connectivity index (χ0) is 23.5. The van der Waals surface area contributed by atoms with Crippen LogP contribution in [-0.2, 0) is 7.05 Å². The van der Waals surface area contributed by atoms with Crippen LogP contribution in [0.25, 0.3) is 22.2 Å². The number of rotatable bonds is 8. The number of fused-ring (bicyclic) bond motifs is 1. The van der Waals surface area contributed by atoms with Crippen LogP contribution >= 0.6 is 0 Å². The van der Waals surface area contributed by atoms with E-state index in [1.54, 1.807) is 12.3 Å². The van der Waals surface area contributed by atoms with Gasteiger partial charge in [0.05, 0.1) is 11.4 Å². The van der Waals surface area contributed by atoms with E-state index in [4.69, 9.17) is 4.98 Å². The van der Waals surface area contributed by atoms with Crippen LogP contribution in [0.5, 0.6) is 0 Å². The number of benzene rings is 2. The van der Waals surface area contributed by atoms with E-state index in [0.29, 0.717) is 11.6 Å². The summed E-state index contributed by atoms with van der Waals surface area (Å²) in [6.07, 6.45) is 3.82. The number of aryl methyl sites for hydroxylation is 2. The Morgan fingerprint density at radius 2 is 1.88 bits per heavy atom. The average molecular weight is 444 g/mol. The Morgan fingerprint density at radius 1 is 1.09 bits per heavy atom. The molecule has 1 N–H and O–H groups in total. The zero-order valence-corrected chi connectivity index (χ0v) is 19.7. The number of nitrogens with zero attached hydrogens (tertiary/aromatic N) is 6. The van der Waals surface area contributed by atoms with E-state index in [1.165, 1.54) is 0 Å². The Labute approximate surface area is 193 Å². The standard InChI is InChI=1S/C25H29N7O/c1-17-14-24(31(4)13-12-30(2)3)22(29-33)15-21(17)28-25-26-11-10-20(27-25)19-16-32(5)23-9-7-6-8-18(19)23/h6-11,14-16H,12-13H2,1-5H3,(H,26,27,28).